The third kappa shape index (κ3) is 19.4. The first-order valence-electron chi connectivity index (χ1n) is 17.7. The number of hydrogen-bond acceptors (Lipinski definition) is 11. The largest absolute Gasteiger partial charge is 0.472 e. The molecule has 1 aliphatic rings. The van der Waals surface area contributed by atoms with Crippen LogP contribution in [0, 0.1) is 0 Å². The lowest BCUT2D eigenvalue weighted by Gasteiger charge is -2.41. The number of aliphatic hydroxyl groups excluding tert-OH is 7. The summed E-state index contributed by atoms with van der Waals surface area (Å²) in [5.41, 5.74) is 0. The van der Waals surface area contributed by atoms with E-state index in [1.807, 2.05) is 6.08 Å². The van der Waals surface area contributed by atoms with Gasteiger partial charge < -0.3 is 46.0 Å². The highest BCUT2D eigenvalue weighted by Gasteiger charge is 2.51. The first-order chi connectivity index (χ1) is 23.3. The summed E-state index contributed by atoms with van der Waals surface area (Å²) in [6, 6.07) is -1.27. The summed E-state index contributed by atoms with van der Waals surface area (Å²) in [5.74, 6) is -0.629. The molecule has 14 heteroatoms. The van der Waals surface area contributed by atoms with Gasteiger partial charge in [0, 0.05) is 0 Å². The highest BCUT2D eigenvalue weighted by molar-refractivity contribution is 7.47. The average Bonchev–Trinajstić information content (AvgIpc) is 3.06. The standard InChI is InChI=1S/C35H62NO12P/c1-3-5-7-9-11-13-14-15-17-19-21-23-28(38)27(36-29(39)24-26(37)22-20-18-16-12-10-8-6-4-2)25-47-49(45,46)48-35-33(43)31(41)30(40)32(42)34(35)44/h7,9-10,12,14-15,21,23,26-28,30-35,37-38,40-44H,3-6,8,11,13,16-20,22,24-25H2,1-2H3,(H,36,39)(H,45,46)/b9-7+,12-10-,15-14+,23-21+. The number of unbranched alkanes of at least 4 members (excludes halogenated alkanes) is 7. The van der Waals surface area contributed by atoms with Gasteiger partial charge in [-0.3, -0.25) is 13.8 Å². The van der Waals surface area contributed by atoms with Crippen molar-refractivity contribution in [3.63, 3.8) is 0 Å². The number of carbonyl (C=O) groups is 1. The van der Waals surface area contributed by atoms with Gasteiger partial charge in [-0.05, 0) is 57.8 Å². The molecule has 0 spiro atoms. The molecule has 0 heterocycles. The Balaban J connectivity index is 2.78. The summed E-state index contributed by atoms with van der Waals surface area (Å²) in [4.78, 5) is 23.1. The number of hydrogen-bond donors (Lipinski definition) is 9. The Morgan fingerprint density at radius 1 is 0.714 bits per heavy atom. The lowest BCUT2D eigenvalue weighted by atomic mass is 9.85. The van der Waals surface area contributed by atoms with Crippen LogP contribution in [0.4, 0.5) is 0 Å². The Bertz CT molecular complexity index is 1040. The molecule has 49 heavy (non-hydrogen) atoms. The van der Waals surface area contributed by atoms with Gasteiger partial charge in [-0.1, -0.05) is 88.1 Å². The number of nitrogens with one attached hydrogen (secondary N) is 1. The second kappa shape index (κ2) is 26.1. The van der Waals surface area contributed by atoms with E-state index in [0.29, 0.717) is 25.7 Å². The number of amides is 1. The summed E-state index contributed by atoms with van der Waals surface area (Å²) in [6.07, 6.45) is 12.6. The van der Waals surface area contributed by atoms with Crippen molar-refractivity contribution in [1.82, 2.24) is 5.32 Å². The van der Waals surface area contributed by atoms with Crippen LogP contribution in [0.3, 0.4) is 0 Å². The highest BCUT2D eigenvalue weighted by Crippen LogP contribution is 2.47. The Morgan fingerprint density at radius 2 is 1.22 bits per heavy atom. The maximum absolute atomic E-state index is 12.8. The van der Waals surface area contributed by atoms with E-state index in [4.69, 9.17) is 9.05 Å². The van der Waals surface area contributed by atoms with Crippen molar-refractivity contribution in [3.8, 4) is 0 Å². The second-order valence-corrected chi connectivity index (χ2v) is 13.9. The smallest absolute Gasteiger partial charge is 0.393 e. The first-order valence-corrected chi connectivity index (χ1v) is 19.2. The van der Waals surface area contributed by atoms with Gasteiger partial charge in [0.15, 0.2) is 0 Å². The molecule has 1 aliphatic carbocycles. The van der Waals surface area contributed by atoms with Crippen LogP contribution < -0.4 is 5.32 Å². The molecule has 0 aromatic rings. The molecule has 8 unspecified atom stereocenters. The van der Waals surface area contributed by atoms with Crippen LogP contribution in [0.2, 0.25) is 0 Å². The molecule has 1 amide bonds. The van der Waals surface area contributed by atoms with Gasteiger partial charge in [0.25, 0.3) is 0 Å². The van der Waals surface area contributed by atoms with Gasteiger partial charge in [0.1, 0.15) is 36.6 Å². The van der Waals surface area contributed by atoms with Crippen LogP contribution in [-0.4, -0.2) is 108 Å². The van der Waals surface area contributed by atoms with E-state index in [0.717, 1.165) is 57.8 Å². The van der Waals surface area contributed by atoms with Crippen molar-refractivity contribution < 1.29 is 59.0 Å². The number of aliphatic hydroxyl groups is 7. The minimum atomic E-state index is -5.14. The van der Waals surface area contributed by atoms with E-state index in [1.165, 1.54) is 6.08 Å². The van der Waals surface area contributed by atoms with E-state index in [1.54, 1.807) is 6.08 Å². The fourth-order valence-electron chi connectivity index (χ4n) is 5.08. The predicted octanol–water partition coefficient (Wildman–Crippen LogP) is 3.24. The zero-order chi connectivity index (χ0) is 36.7. The molecule has 0 aromatic heterocycles. The molecule has 0 aliphatic heterocycles. The quantitative estimate of drug-likeness (QED) is 0.0357. The molecule has 1 saturated carbocycles. The fraction of sp³-hybridized carbons (Fsp3) is 0.743. The van der Waals surface area contributed by atoms with E-state index in [2.05, 4.69) is 49.5 Å². The molecular formula is C35H62NO12P. The monoisotopic (exact) mass is 719 g/mol. The zero-order valence-corrected chi connectivity index (χ0v) is 30.0. The van der Waals surface area contributed by atoms with E-state index in [9.17, 15) is 50.0 Å². The van der Waals surface area contributed by atoms with Crippen molar-refractivity contribution in [3.05, 3.63) is 48.6 Å². The minimum absolute atomic E-state index is 0.274. The molecular weight excluding hydrogens is 657 g/mol. The van der Waals surface area contributed by atoms with Crippen LogP contribution in [0.25, 0.3) is 0 Å². The van der Waals surface area contributed by atoms with Crippen molar-refractivity contribution in [2.75, 3.05) is 6.61 Å². The van der Waals surface area contributed by atoms with Crippen molar-refractivity contribution in [2.24, 2.45) is 0 Å². The minimum Gasteiger partial charge on any atom is -0.393 e. The predicted molar refractivity (Wildman–Crippen MR) is 187 cm³/mol. The maximum Gasteiger partial charge on any atom is 0.472 e. The van der Waals surface area contributed by atoms with Crippen molar-refractivity contribution in [1.29, 1.82) is 0 Å². The van der Waals surface area contributed by atoms with Gasteiger partial charge in [-0.2, -0.15) is 0 Å². The third-order valence-corrected chi connectivity index (χ3v) is 9.08. The fourth-order valence-corrected chi connectivity index (χ4v) is 6.05. The molecule has 9 N–H and O–H groups in total. The first kappa shape index (κ1) is 45.3. The molecule has 13 nitrogen and oxygen atoms in total. The summed E-state index contributed by atoms with van der Waals surface area (Å²) < 4.78 is 22.6. The number of phosphoric acid groups is 1. The van der Waals surface area contributed by atoms with Gasteiger partial charge in [0.2, 0.25) is 5.91 Å². The van der Waals surface area contributed by atoms with Gasteiger partial charge in [0.05, 0.1) is 31.3 Å². The lowest BCUT2D eigenvalue weighted by Crippen LogP contribution is -2.64. The Kier molecular flexibility index (Phi) is 24.1. The topological polar surface area (TPSA) is 226 Å². The number of rotatable bonds is 26. The summed E-state index contributed by atoms with van der Waals surface area (Å²) in [7, 11) is -5.14. The van der Waals surface area contributed by atoms with Gasteiger partial charge in [-0.15, -0.1) is 0 Å². The molecule has 1 fully saturated rings. The number of phosphoric ester groups is 1. The molecule has 284 valence electrons. The molecule has 0 saturated heterocycles. The average molecular weight is 720 g/mol. The SMILES string of the molecule is CCC/C=C/CC/C=C/CC/C=C/C(O)C(COP(=O)(O)OC1C(O)C(O)C(O)C(O)C1O)NC(=O)CC(O)CCCC/C=C\CCCC. The third-order valence-electron chi connectivity index (χ3n) is 8.10. The van der Waals surface area contributed by atoms with E-state index >= 15 is 0 Å². The molecule has 8 atom stereocenters. The Hall–Kier alpha value is -1.74. The van der Waals surface area contributed by atoms with Gasteiger partial charge >= 0.3 is 7.82 Å². The molecule has 0 radical (unpaired) electrons. The summed E-state index contributed by atoms with van der Waals surface area (Å²) in [5, 5.41) is 73.6. The second-order valence-electron chi connectivity index (χ2n) is 12.5. The Morgan fingerprint density at radius 3 is 1.80 bits per heavy atom. The van der Waals surface area contributed by atoms with E-state index in [-0.39, 0.29) is 6.42 Å². The van der Waals surface area contributed by atoms with Crippen LogP contribution >= 0.6 is 7.82 Å². The molecule has 0 bridgehead atoms. The maximum atomic E-state index is 12.8. The van der Waals surface area contributed by atoms with E-state index < -0.39 is 75.2 Å². The number of allylic oxidation sites excluding steroid dienone is 7. The summed E-state index contributed by atoms with van der Waals surface area (Å²) >= 11 is 0. The molecule has 1 rings (SSSR count). The normalized spacial score (nSPS) is 26.5. The Labute approximate surface area is 291 Å². The lowest BCUT2D eigenvalue weighted by molar-refractivity contribution is -0.220. The van der Waals surface area contributed by atoms with Crippen LogP contribution in [0.15, 0.2) is 48.6 Å². The van der Waals surface area contributed by atoms with Gasteiger partial charge in [-0.25, -0.2) is 4.57 Å². The summed E-state index contributed by atoms with van der Waals surface area (Å²) in [6.45, 7) is 3.50. The molecule has 0 aromatic carbocycles. The zero-order valence-electron chi connectivity index (χ0n) is 29.1. The van der Waals surface area contributed by atoms with Crippen LogP contribution in [0.1, 0.15) is 104 Å². The van der Waals surface area contributed by atoms with Crippen LogP contribution in [0.5, 0.6) is 0 Å². The van der Waals surface area contributed by atoms with Crippen molar-refractivity contribution in [2.45, 2.75) is 159 Å². The number of carbonyl (C=O) groups excluding carboxylic acids is 1. The van der Waals surface area contributed by atoms with Crippen molar-refractivity contribution >= 4 is 13.7 Å². The highest BCUT2D eigenvalue weighted by atomic mass is 31.2. The van der Waals surface area contributed by atoms with Crippen LogP contribution in [-0.2, 0) is 18.4 Å².